The highest BCUT2D eigenvalue weighted by Crippen LogP contribution is 2.30. The van der Waals surface area contributed by atoms with Crippen molar-refractivity contribution in [3.05, 3.63) is 51.9 Å². The van der Waals surface area contributed by atoms with E-state index in [1.54, 1.807) is 4.52 Å². The SMILES string of the molecule is CCc1nn2c(Cl)cc(C)nc2c1-c1ccc(Cl)cc1. The molecule has 0 aliphatic carbocycles. The number of aromatic nitrogens is 3. The van der Waals surface area contributed by atoms with Crippen LogP contribution in [0.15, 0.2) is 30.3 Å². The highest BCUT2D eigenvalue weighted by Gasteiger charge is 2.16. The van der Waals surface area contributed by atoms with Crippen LogP contribution >= 0.6 is 23.2 Å². The molecule has 2 heterocycles. The van der Waals surface area contributed by atoms with Gasteiger partial charge in [0.1, 0.15) is 5.15 Å². The second-order valence-corrected chi connectivity index (χ2v) is 5.46. The monoisotopic (exact) mass is 305 g/mol. The number of aryl methyl sites for hydroxylation is 2. The van der Waals surface area contributed by atoms with Crippen molar-refractivity contribution in [2.24, 2.45) is 0 Å². The molecule has 3 nitrogen and oxygen atoms in total. The van der Waals surface area contributed by atoms with Gasteiger partial charge in [-0.3, -0.25) is 0 Å². The standard InChI is InChI=1S/C15H13Cl2N3/c1-3-12-14(10-4-6-11(16)7-5-10)15-18-9(2)8-13(17)20(15)19-12/h4-8H,3H2,1-2H3. The van der Waals surface area contributed by atoms with Crippen molar-refractivity contribution in [3.63, 3.8) is 0 Å². The summed E-state index contributed by atoms with van der Waals surface area (Å²) in [7, 11) is 0. The van der Waals surface area contributed by atoms with Gasteiger partial charge in [0.05, 0.1) is 5.69 Å². The molecule has 0 spiro atoms. The van der Waals surface area contributed by atoms with Crippen molar-refractivity contribution in [2.45, 2.75) is 20.3 Å². The maximum absolute atomic E-state index is 6.26. The third-order valence-corrected chi connectivity index (χ3v) is 3.74. The van der Waals surface area contributed by atoms with Gasteiger partial charge in [-0.05, 0) is 37.1 Å². The normalized spacial score (nSPS) is 11.2. The Bertz CT molecular complexity index is 776. The summed E-state index contributed by atoms with van der Waals surface area (Å²) >= 11 is 12.2. The van der Waals surface area contributed by atoms with Gasteiger partial charge in [0, 0.05) is 16.3 Å². The molecule has 0 aliphatic rings. The Hall–Kier alpha value is -1.58. The van der Waals surface area contributed by atoms with Crippen LogP contribution in [0.25, 0.3) is 16.8 Å². The molecule has 102 valence electrons. The smallest absolute Gasteiger partial charge is 0.165 e. The lowest BCUT2D eigenvalue weighted by Gasteiger charge is -2.03. The van der Waals surface area contributed by atoms with Crippen molar-refractivity contribution >= 4 is 28.8 Å². The van der Waals surface area contributed by atoms with Gasteiger partial charge < -0.3 is 0 Å². The topological polar surface area (TPSA) is 30.2 Å². The summed E-state index contributed by atoms with van der Waals surface area (Å²) in [6, 6.07) is 9.52. The molecular formula is C15H13Cl2N3. The molecule has 0 fully saturated rings. The fourth-order valence-corrected chi connectivity index (χ4v) is 2.70. The van der Waals surface area contributed by atoms with Gasteiger partial charge in [-0.25, -0.2) is 9.50 Å². The minimum absolute atomic E-state index is 0.572. The van der Waals surface area contributed by atoms with E-state index in [1.165, 1.54) is 0 Å². The minimum atomic E-state index is 0.572. The molecule has 3 rings (SSSR count). The Balaban J connectivity index is 2.35. The van der Waals surface area contributed by atoms with E-state index in [-0.39, 0.29) is 0 Å². The van der Waals surface area contributed by atoms with Gasteiger partial charge in [0.2, 0.25) is 0 Å². The first-order valence-electron chi connectivity index (χ1n) is 6.41. The molecule has 0 unspecified atom stereocenters. The highest BCUT2D eigenvalue weighted by molar-refractivity contribution is 6.30. The van der Waals surface area contributed by atoms with E-state index in [4.69, 9.17) is 23.2 Å². The molecule has 5 heteroatoms. The van der Waals surface area contributed by atoms with E-state index in [1.807, 2.05) is 37.3 Å². The molecule has 0 saturated carbocycles. The van der Waals surface area contributed by atoms with E-state index in [0.29, 0.717) is 10.2 Å². The molecule has 1 aromatic carbocycles. The molecule has 0 atom stereocenters. The maximum atomic E-state index is 6.26. The van der Waals surface area contributed by atoms with Gasteiger partial charge in [-0.2, -0.15) is 5.10 Å². The maximum Gasteiger partial charge on any atom is 0.165 e. The second kappa shape index (κ2) is 5.08. The predicted octanol–water partition coefficient (Wildman–Crippen LogP) is 4.57. The average Bonchev–Trinajstić information content (AvgIpc) is 2.78. The summed E-state index contributed by atoms with van der Waals surface area (Å²) in [4.78, 5) is 4.59. The average molecular weight is 306 g/mol. The second-order valence-electron chi connectivity index (χ2n) is 4.64. The third-order valence-electron chi connectivity index (χ3n) is 3.21. The van der Waals surface area contributed by atoms with Crippen LogP contribution in [-0.4, -0.2) is 14.6 Å². The Morgan fingerprint density at radius 2 is 1.85 bits per heavy atom. The summed E-state index contributed by atoms with van der Waals surface area (Å²) in [6.07, 6.45) is 0.816. The Labute approximate surface area is 127 Å². The summed E-state index contributed by atoms with van der Waals surface area (Å²) in [6.45, 7) is 4.00. The van der Waals surface area contributed by atoms with E-state index in [9.17, 15) is 0 Å². The summed E-state index contributed by atoms with van der Waals surface area (Å²) in [5.41, 5.74) is 4.71. The number of fused-ring (bicyclic) bond motifs is 1. The van der Waals surface area contributed by atoms with Crippen molar-refractivity contribution in [1.29, 1.82) is 0 Å². The molecule has 3 aromatic rings. The Morgan fingerprint density at radius 3 is 2.50 bits per heavy atom. The molecule has 0 saturated heterocycles. The first-order chi connectivity index (χ1) is 9.60. The lowest BCUT2D eigenvalue weighted by atomic mass is 10.0. The Kier molecular flexibility index (Phi) is 3.40. The van der Waals surface area contributed by atoms with Crippen LogP contribution < -0.4 is 0 Å². The van der Waals surface area contributed by atoms with E-state index < -0.39 is 0 Å². The van der Waals surface area contributed by atoms with Crippen molar-refractivity contribution in [2.75, 3.05) is 0 Å². The number of nitrogens with zero attached hydrogens (tertiary/aromatic N) is 3. The number of benzene rings is 1. The zero-order valence-corrected chi connectivity index (χ0v) is 12.7. The van der Waals surface area contributed by atoms with Gasteiger partial charge in [0.25, 0.3) is 0 Å². The van der Waals surface area contributed by atoms with Crippen molar-refractivity contribution in [1.82, 2.24) is 14.6 Å². The molecule has 0 radical (unpaired) electrons. The fourth-order valence-electron chi connectivity index (χ4n) is 2.30. The van der Waals surface area contributed by atoms with Crippen molar-refractivity contribution < 1.29 is 0 Å². The molecular weight excluding hydrogens is 293 g/mol. The van der Waals surface area contributed by atoms with Crippen LogP contribution in [0.5, 0.6) is 0 Å². The van der Waals surface area contributed by atoms with Crippen LogP contribution in [0, 0.1) is 6.92 Å². The number of hydrogen-bond acceptors (Lipinski definition) is 2. The Morgan fingerprint density at radius 1 is 1.15 bits per heavy atom. The fraction of sp³-hybridized carbons (Fsp3) is 0.200. The van der Waals surface area contributed by atoms with Crippen LogP contribution in [0.3, 0.4) is 0 Å². The highest BCUT2D eigenvalue weighted by atomic mass is 35.5. The quantitative estimate of drug-likeness (QED) is 0.649. The van der Waals surface area contributed by atoms with Crippen LogP contribution in [0.4, 0.5) is 0 Å². The molecule has 0 bridgehead atoms. The van der Waals surface area contributed by atoms with Crippen LogP contribution in [0.2, 0.25) is 10.2 Å². The predicted molar refractivity (Wildman–Crippen MR) is 82.6 cm³/mol. The molecule has 0 N–H and O–H groups in total. The molecule has 0 amide bonds. The van der Waals surface area contributed by atoms with Gasteiger partial charge >= 0.3 is 0 Å². The zero-order valence-electron chi connectivity index (χ0n) is 11.2. The van der Waals surface area contributed by atoms with Crippen LogP contribution in [0.1, 0.15) is 18.3 Å². The molecule has 20 heavy (non-hydrogen) atoms. The van der Waals surface area contributed by atoms with Crippen molar-refractivity contribution in [3.8, 4) is 11.1 Å². The van der Waals surface area contributed by atoms with Gasteiger partial charge in [-0.1, -0.05) is 42.3 Å². The number of rotatable bonds is 2. The minimum Gasteiger partial charge on any atom is -0.233 e. The third kappa shape index (κ3) is 2.17. The summed E-state index contributed by atoms with van der Waals surface area (Å²) in [5.74, 6) is 0. The first-order valence-corrected chi connectivity index (χ1v) is 7.16. The summed E-state index contributed by atoms with van der Waals surface area (Å²) in [5, 5.41) is 5.84. The van der Waals surface area contributed by atoms with Gasteiger partial charge in [-0.15, -0.1) is 0 Å². The number of halogens is 2. The van der Waals surface area contributed by atoms with E-state index >= 15 is 0 Å². The van der Waals surface area contributed by atoms with Gasteiger partial charge in [0.15, 0.2) is 5.65 Å². The lowest BCUT2D eigenvalue weighted by molar-refractivity contribution is 0.883. The van der Waals surface area contributed by atoms with Crippen LogP contribution in [-0.2, 0) is 6.42 Å². The largest absolute Gasteiger partial charge is 0.233 e. The lowest BCUT2D eigenvalue weighted by Crippen LogP contribution is -1.94. The number of hydrogen-bond donors (Lipinski definition) is 0. The van der Waals surface area contributed by atoms with E-state index in [2.05, 4.69) is 17.0 Å². The first kappa shape index (κ1) is 13.4. The summed E-state index contributed by atoms with van der Waals surface area (Å²) < 4.78 is 1.69. The molecule has 2 aromatic heterocycles. The molecule has 0 aliphatic heterocycles. The van der Waals surface area contributed by atoms with E-state index in [0.717, 1.165) is 34.6 Å². The zero-order chi connectivity index (χ0) is 14.3.